The molecule has 1 aromatic carbocycles. The lowest BCUT2D eigenvalue weighted by Gasteiger charge is -2.36. The minimum Gasteiger partial charge on any atom is -0.495 e. The van der Waals surface area contributed by atoms with Crippen LogP contribution in [0, 0.1) is 11.3 Å². The summed E-state index contributed by atoms with van der Waals surface area (Å²) < 4.78 is 7.37. The number of anilines is 1. The molecule has 0 unspecified atom stereocenters. The van der Waals surface area contributed by atoms with Crippen molar-refractivity contribution in [2.75, 3.05) is 12.4 Å². The van der Waals surface area contributed by atoms with Gasteiger partial charge in [-0.1, -0.05) is 43.1 Å². The Labute approximate surface area is 193 Å². The molecule has 4 nitrogen and oxygen atoms in total. The van der Waals surface area contributed by atoms with E-state index in [0.29, 0.717) is 11.3 Å². The Balaban J connectivity index is 1.68. The van der Waals surface area contributed by atoms with Gasteiger partial charge in [-0.05, 0) is 64.2 Å². The molecule has 2 aromatic rings. The molecule has 1 amide bonds. The summed E-state index contributed by atoms with van der Waals surface area (Å²) in [6.45, 7) is 7.02. The van der Waals surface area contributed by atoms with Crippen molar-refractivity contribution in [3.8, 4) is 5.75 Å². The first-order valence-electron chi connectivity index (χ1n) is 10.00. The van der Waals surface area contributed by atoms with E-state index in [2.05, 4.69) is 63.3 Å². The standard InChI is InChI=1S/C22H26Br2N2O2S/c1-5-22(2,3)11-6-7-13-16(8-11)29-21-17(13)20(27)25-19(26-21)14-9-12(23)10-15(24)18(14)28-4/h9-11,19,26H,5-8H2,1-4H3,(H,25,27)/t11-,19-/m1/s1. The van der Waals surface area contributed by atoms with Crippen LogP contribution in [-0.2, 0) is 12.8 Å². The van der Waals surface area contributed by atoms with Crippen molar-refractivity contribution in [1.82, 2.24) is 5.32 Å². The fraction of sp³-hybridized carbons (Fsp3) is 0.500. The lowest BCUT2D eigenvalue weighted by atomic mass is 9.69. The monoisotopic (exact) mass is 540 g/mol. The molecule has 1 aromatic heterocycles. The van der Waals surface area contributed by atoms with E-state index in [1.54, 1.807) is 18.4 Å². The van der Waals surface area contributed by atoms with Gasteiger partial charge in [0.05, 0.1) is 17.1 Å². The normalized spacial score (nSPS) is 21.1. The maximum Gasteiger partial charge on any atom is 0.256 e. The average molecular weight is 542 g/mol. The largest absolute Gasteiger partial charge is 0.495 e. The Hall–Kier alpha value is -1.05. The minimum absolute atomic E-state index is 0.00704. The highest BCUT2D eigenvalue weighted by Gasteiger charge is 2.38. The summed E-state index contributed by atoms with van der Waals surface area (Å²) >= 11 is 8.86. The second-order valence-corrected chi connectivity index (χ2v) is 11.4. The van der Waals surface area contributed by atoms with Gasteiger partial charge in [0.1, 0.15) is 16.9 Å². The van der Waals surface area contributed by atoms with Gasteiger partial charge in [0.2, 0.25) is 0 Å². The number of methoxy groups -OCH3 is 1. The fourth-order valence-electron chi connectivity index (χ4n) is 4.42. The van der Waals surface area contributed by atoms with Gasteiger partial charge in [0.25, 0.3) is 5.91 Å². The highest BCUT2D eigenvalue weighted by atomic mass is 79.9. The summed E-state index contributed by atoms with van der Waals surface area (Å²) in [7, 11) is 1.65. The van der Waals surface area contributed by atoms with Crippen molar-refractivity contribution in [1.29, 1.82) is 0 Å². The number of ether oxygens (including phenoxy) is 1. The van der Waals surface area contributed by atoms with E-state index < -0.39 is 0 Å². The molecule has 0 fully saturated rings. The Bertz CT molecular complexity index is 970. The van der Waals surface area contributed by atoms with E-state index >= 15 is 0 Å². The van der Waals surface area contributed by atoms with Crippen LogP contribution in [0.5, 0.6) is 5.75 Å². The smallest absolute Gasteiger partial charge is 0.256 e. The van der Waals surface area contributed by atoms with Gasteiger partial charge in [0.15, 0.2) is 0 Å². The van der Waals surface area contributed by atoms with Gasteiger partial charge in [-0.3, -0.25) is 4.79 Å². The zero-order chi connectivity index (χ0) is 20.9. The molecule has 0 saturated heterocycles. The fourth-order valence-corrected chi connectivity index (χ4v) is 7.19. The number of amides is 1. The van der Waals surface area contributed by atoms with Gasteiger partial charge in [-0.2, -0.15) is 0 Å². The van der Waals surface area contributed by atoms with Crippen molar-refractivity contribution >= 4 is 54.1 Å². The molecule has 0 bridgehead atoms. The highest BCUT2D eigenvalue weighted by molar-refractivity contribution is 9.11. The van der Waals surface area contributed by atoms with Crippen LogP contribution in [0.2, 0.25) is 0 Å². The first-order chi connectivity index (χ1) is 13.7. The van der Waals surface area contributed by atoms with E-state index in [-0.39, 0.29) is 12.1 Å². The van der Waals surface area contributed by atoms with Crippen molar-refractivity contribution in [3.63, 3.8) is 0 Å². The van der Waals surface area contributed by atoms with Gasteiger partial charge in [-0.25, -0.2) is 0 Å². The minimum atomic E-state index is -0.332. The number of carbonyl (C=O) groups is 1. The number of hydrogen-bond acceptors (Lipinski definition) is 4. The molecule has 0 radical (unpaired) electrons. The predicted octanol–water partition coefficient (Wildman–Crippen LogP) is 6.68. The van der Waals surface area contributed by atoms with Gasteiger partial charge >= 0.3 is 0 Å². The van der Waals surface area contributed by atoms with Crippen LogP contribution >= 0.6 is 43.2 Å². The second-order valence-electron chi connectivity index (χ2n) is 8.55. The third-order valence-corrected chi connectivity index (χ3v) is 8.84. The number of thiophene rings is 1. The molecule has 0 spiro atoms. The molecule has 156 valence electrons. The zero-order valence-corrected chi connectivity index (χ0v) is 21.1. The molecule has 0 saturated carbocycles. The molecule has 7 heteroatoms. The predicted molar refractivity (Wildman–Crippen MR) is 126 cm³/mol. The molecule has 29 heavy (non-hydrogen) atoms. The molecule has 1 aliphatic heterocycles. The molecular weight excluding hydrogens is 516 g/mol. The van der Waals surface area contributed by atoms with Crippen LogP contribution in [0.15, 0.2) is 21.1 Å². The number of fused-ring (bicyclic) bond motifs is 3. The second kappa shape index (κ2) is 7.89. The molecule has 2 aliphatic rings. The topological polar surface area (TPSA) is 50.4 Å². The van der Waals surface area contributed by atoms with Gasteiger partial charge in [0, 0.05) is 14.9 Å². The third kappa shape index (κ3) is 3.74. The molecule has 2 heterocycles. The van der Waals surface area contributed by atoms with E-state index in [0.717, 1.165) is 50.1 Å². The number of carbonyl (C=O) groups excluding carboxylic acids is 1. The summed E-state index contributed by atoms with van der Waals surface area (Å²) in [5, 5.41) is 7.69. The van der Waals surface area contributed by atoms with Crippen LogP contribution < -0.4 is 15.4 Å². The van der Waals surface area contributed by atoms with E-state index in [1.165, 1.54) is 16.9 Å². The van der Waals surface area contributed by atoms with Gasteiger partial charge < -0.3 is 15.4 Å². The third-order valence-electron chi connectivity index (χ3n) is 6.61. The lowest BCUT2D eigenvalue weighted by Crippen LogP contribution is -2.38. The Kier molecular flexibility index (Phi) is 5.77. The van der Waals surface area contributed by atoms with E-state index in [1.807, 2.05) is 12.1 Å². The van der Waals surface area contributed by atoms with Crippen LogP contribution in [-0.4, -0.2) is 13.0 Å². The number of hydrogen-bond donors (Lipinski definition) is 2. The maximum absolute atomic E-state index is 13.1. The van der Waals surface area contributed by atoms with Crippen LogP contribution in [0.1, 0.15) is 66.1 Å². The molecule has 2 atom stereocenters. The molecule has 2 N–H and O–H groups in total. The number of benzene rings is 1. The van der Waals surface area contributed by atoms with Crippen molar-refractivity contribution < 1.29 is 9.53 Å². The average Bonchev–Trinajstić information content (AvgIpc) is 3.05. The lowest BCUT2D eigenvalue weighted by molar-refractivity contribution is 0.0934. The Morgan fingerprint density at radius 1 is 1.28 bits per heavy atom. The van der Waals surface area contributed by atoms with Crippen LogP contribution in [0.3, 0.4) is 0 Å². The SMILES string of the molecule is CCC(C)(C)[C@@H]1CCc2c(sc3c2C(=O)N[C@@H](c2cc(Br)cc(Br)c2OC)N3)C1. The summed E-state index contributed by atoms with van der Waals surface area (Å²) in [6, 6.07) is 3.93. The Morgan fingerprint density at radius 3 is 2.72 bits per heavy atom. The molecule has 4 rings (SSSR count). The summed E-state index contributed by atoms with van der Waals surface area (Å²) in [6.07, 6.45) is 4.05. The molecular formula is C22H26Br2N2O2S. The number of halogens is 2. The first kappa shape index (κ1) is 21.2. The quantitative estimate of drug-likeness (QED) is 0.454. The summed E-state index contributed by atoms with van der Waals surface area (Å²) in [5.41, 5.74) is 3.32. The zero-order valence-electron chi connectivity index (χ0n) is 17.1. The Morgan fingerprint density at radius 2 is 2.03 bits per heavy atom. The summed E-state index contributed by atoms with van der Waals surface area (Å²) in [5.74, 6) is 1.40. The van der Waals surface area contributed by atoms with E-state index in [9.17, 15) is 4.79 Å². The van der Waals surface area contributed by atoms with Crippen molar-refractivity contribution in [3.05, 3.63) is 42.6 Å². The molecule has 1 aliphatic carbocycles. The van der Waals surface area contributed by atoms with E-state index in [4.69, 9.17) is 4.74 Å². The van der Waals surface area contributed by atoms with Gasteiger partial charge in [-0.15, -0.1) is 11.3 Å². The van der Waals surface area contributed by atoms with Crippen molar-refractivity contribution in [2.24, 2.45) is 11.3 Å². The number of rotatable bonds is 4. The maximum atomic E-state index is 13.1. The highest BCUT2D eigenvalue weighted by Crippen LogP contribution is 2.47. The summed E-state index contributed by atoms with van der Waals surface area (Å²) in [4.78, 5) is 14.5. The number of nitrogens with one attached hydrogen (secondary N) is 2. The van der Waals surface area contributed by atoms with Crippen LogP contribution in [0.25, 0.3) is 0 Å². The first-order valence-corrected chi connectivity index (χ1v) is 12.4. The van der Waals surface area contributed by atoms with Crippen molar-refractivity contribution in [2.45, 2.75) is 52.6 Å². The van der Waals surface area contributed by atoms with Crippen LogP contribution in [0.4, 0.5) is 5.00 Å².